The van der Waals surface area contributed by atoms with E-state index in [2.05, 4.69) is 15.5 Å². The molecule has 0 aliphatic carbocycles. The highest BCUT2D eigenvalue weighted by molar-refractivity contribution is 7.99. The summed E-state index contributed by atoms with van der Waals surface area (Å²) in [5, 5.41) is 12.0. The fourth-order valence-electron chi connectivity index (χ4n) is 1.79. The summed E-state index contributed by atoms with van der Waals surface area (Å²) in [6.45, 7) is 2.54. The van der Waals surface area contributed by atoms with Crippen molar-refractivity contribution in [3.05, 3.63) is 23.8 Å². The second-order valence-electron chi connectivity index (χ2n) is 4.10. The van der Waals surface area contributed by atoms with Gasteiger partial charge in [0.1, 0.15) is 6.61 Å². The zero-order chi connectivity index (χ0) is 14.7. The molecule has 2 aromatic rings. The molecule has 1 aliphatic heterocycles. The molecule has 1 aromatic heterocycles. The van der Waals surface area contributed by atoms with Gasteiger partial charge in [0.25, 0.3) is 0 Å². The van der Waals surface area contributed by atoms with Crippen molar-refractivity contribution in [2.45, 2.75) is 18.7 Å². The number of ether oxygens (including phenoxy) is 1. The number of esters is 1. The number of tetrazole rings is 1. The molecule has 9 heteroatoms. The first-order chi connectivity index (χ1) is 10.3. The van der Waals surface area contributed by atoms with Crippen LogP contribution < -0.4 is 4.89 Å². The van der Waals surface area contributed by atoms with Crippen molar-refractivity contribution in [2.24, 2.45) is 0 Å². The molecule has 1 aliphatic rings. The van der Waals surface area contributed by atoms with Gasteiger partial charge in [-0.05, 0) is 23.4 Å². The molecule has 3 rings (SSSR count). The average molecular weight is 308 g/mol. The number of hydrogen-bond donors (Lipinski definition) is 0. The minimum absolute atomic E-state index is 0.152. The van der Waals surface area contributed by atoms with Gasteiger partial charge in [0, 0.05) is 11.6 Å². The molecule has 0 spiro atoms. The highest BCUT2D eigenvalue weighted by Crippen LogP contribution is 2.29. The molecular weight excluding hydrogens is 296 g/mol. The maximum atomic E-state index is 11.4. The van der Waals surface area contributed by atoms with Gasteiger partial charge in [0.2, 0.25) is 5.16 Å². The van der Waals surface area contributed by atoms with Crippen LogP contribution in [0.15, 0.2) is 23.4 Å². The number of carbonyl (C=O) groups excluding carboxylic acids is 1. The fourth-order valence-corrected chi connectivity index (χ4v) is 2.47. The average Bonchev–Trinajstić information content (AvgIpc) is 3.13. The van der Waals surface area contributed by atoms with Crippen LogP contribution in [0.4, 0.5) is 0 Å². The van der Waals surface area contributed by atoms with Crippen LogP contribution in [0.2, 0.25) is 0 Å². The van der Waals surface area contributed by atoms with Crippen molar-refractivity contribution < 1.29 is 19.3 Å². The highest BCUT2D eigenvalue weighted by atomic mass is 32.2. The van der Waals surface area contributed by atoms with Crippen LogP contribution in [-0.2, 0) is 21.0 Å². The third-order valence-electron chi connectivity index (χ3n) is 2.72. The maximum Gasteiger partial charge on any atom is 0.316 e. The Morgan fingerprint density at radius 1 is 1.52 bits per heavy atom. The number of benzene rings is 1. The van der Waals surface area contributed by atoms with Crippen molar-refractivity contribution in [2.75, 3.05) is 12.4 Å². The second-order valence-corrected chi connectivity index (χ2v) is 5.05. The van der Waals surface area contributed by atoms with E-state index in [0.717, 1.165) is 11.3 Å². The quantitative estimate of drug-likeness (QED) is 0.461. The predicted octanol–water partition coefficient (Wildman–Crippen LogP) is 1.14. The minimum atomic E-state index is -0.303. The monoisotopic (exact) mass is 308 g/mol. The smallest absolute Gasteiger partial charge is 0.316 e. The topological polar surface area (TPSA) is 88.4 Å². The Morgan fingerprint density at radius 3 is 3.29 bits per heavy atom. The lowest BCUT2D eigenvalue weighted by Crippen LogP contribution is -2.08. The number of hydrogen-bond acceptors (Lipinski definition) is 8. The van der Waals surface area contributed by atoms with Crippen molar-refractivity contribution in [3.63, 3.8) is 0 Å². The highest BCUT2D eigenvalue weighted by Gasteiger charge is 2.17. The third-order valence-corrected chi connectivity index (χ3v) is 3.62. The molecular formula is C12H12N4O4S. The van der Waals surface area contributed by atoms with Crippen LogP contribution in [0.3, 0.4) is 0 Å². The standard InChI is InChI=1S/C12H12N4O4S/c1-2-18-11(17)7-21-12-13-14-15-16(12)9-4-3-8-6-19-20-10(8)5-9/h3-5H,2,6-7H2,1H3. The van der Waals surface area contributed by atoms with Gasteiger partial charge in [-0.1, -0.05) is 17.8 Å². The summed E-state index contributed by atoms with van der Waals surface area (Å²) in [6.07, 6.45) is 0. The Labute approximate surface area is 124 Å². The van der Waals surface area contributed by atoms with Crippen LogP contribution in [0.5, 0.6) is 5.75 Å². The Balaban J connectivity index is 1.77. The van der Waals surface area contributed by atoms with E-state index in [1.165, 1.54) is 16.4 Å². The maximum absolute atomic E-state index is 11.4. The number of fused-ring (bicyclic) bond motifs is 1. The van der Waals surface area contributed by atoms with E-state index < -0.39 is 0 Å². The normalized spacial score (nSPS) is 12.8. The van der Waals surface area contributed by atoms with Crippen molar-refractivity contribution in [1.29, 1.82) is 0 Å². The molecule has 21 heavy (non-hydrogen) atoms. The Bertz CT molecular complexity index is 660. The number of rotatable bonds is 5. The molecule has 0 saturated heterocycles. The van der Waals surface area contributed by atoms with Crippen LogP contribution >= 0.6 is 11.8 Å². The van der Waals surface area contributed by atoms with Crippen molar-refractivity contribution in [1.82, 2.24) is 20.2 Å². The van der Waals surface area contributed by atoms with Gasteiger partial charge in [-0.25, -0.2) is 0 Å². The Kier molecular flexibility index (Phi) is 4.02. The molecule has 8 nitrogen and oxygen atoms in total. The summed E-state index contributed by atoms with van der Waals surface area (Å²) >= 11 is 1.21. The predicted molar refractivity (Wildman–Crippen MR) is 71.9 cm³/mol. The summed E-state index contributed by atoms with van der Waals surface area (Å²) < 4.78 is 6.41. The Hall–Kier alpha value is -2.13. The summed E-state index contributed by atoms with van der Waals surface area (Å²) in [5.41, 5.74) is 1.70. The van der Waals surface area contributed by atoms with E-state index in [0.29, 0.717) is 24.1 Å². The molecule has 0 radical (unpaired) electrons. The van der Waals surface area contributed by atoms with Crippen LogP contribution in [0, 0.1) is 0 Å². The van der Waals surface area contributed by atoms with E-state index in [1.54, 1.807) is 13.0 Å². The molecule has 0 fully saturated rings. The molecule has 0 unspecified atom stereocenters. The number of thioether (sulfide) groups is 1. The first kappa shape index (κ1) is 13.8. The summed E-state index contributed by atoms with van der Waals surface area (Å²) in [7, 11) is 0. The lowest BCUT2D eigenvalue weighted by molar-refractivity contribution is -0.194. The van der Waals surface area contributed by atoms with Crippen molar-refractivity contribution in [3.8, 4) is 11.4 Å². The molecule has 2 heterocycles. The minimum Gasteiger partial charge on any atom is -0.465 e. The van der Waals surface area contributed by atoms with E-state index in [-0.39, 0.29) is 11.7 Å². The SMILES string of the molecule is CCOC(=O)CSc1nnnn1-c1ccc2c(c1)OOC2. The van der Waals surface area contributed by atoms with E-state index in [4.69, 9.17) is 14.5 Å². The lowest BCUT2D eigenvalue weighted by Gasteiger charge is -2.05. The fraction of sp³-hybridized carbons (Fsp3) is 0.333. The van der Waals surface area contributed by atoms with Gasteiger partial charge < -0.3 is 9.62 Å². The first-order valence-corrected chi connectivity index (χ1v) is 7.26. The molecule has 0 N–H and O–H groups in total. The van der Waals surface area contributed by atoms with Crippen molar-refractivity contribution >= 4 is 17.7 Å². The zero-order valence-electron chi connectivity index (χ0n) is 11.2. The Morgan fingerprint density at radius 2 is 2.43 bits per heavy atom. The number of aromatic nitrogens is 4. The lowest BCUT2D eigenvalue weighted by atomic mass is 10.2. The largest absolute Gasteiger partial charge is 0.465 e. The molecule has 0 amide bonds. The summed E-state index contributed by atoms with van der Waals surface area (Å²) in [4.78, 5) is 21.3. The van der Waals surface area contributed by atoms with E-state index in [1.807, 2.05) is 12.1 Å². The summed E-state index contributed by atoms with van der Waals surface area (Å²) in [6, 6.07) is 5.54. The van der Waals surface area contributed by atoms with Gasteiger partial charge in [0.05, 0.1) is 18.0 Å². The molecule has 0 bridgehead atoms. The van der Waals surface area contributed by atoms with Gasteiger partial charge in [0.15, 0.2) is 5.75 Å². The molecule has 0 saturated carbocycles. The van der Waals surface area contributed by atoms with Crippen LogP contribution in [-0.4, -0.2) is 38.5 Å². The molecule has 0 atom stereocenters. The first-order valence-electron chi connectivity index (χ1n) is 6.27. The van der Waals surface area contributed by atoms with Gasteiger partial charge in [-0.2, -0.15) is 9.57 Å². The van der Waals surface area contributed by atoms with Crippen LogP contribution in [0.1, 0.15) is 12.5 Å². The van der Waals surface area contributed by atoms with E-state index in [9.17, 15) is 4.79 Å². The van der Waals surface area contributed by atoms with Gasteiger partial charge in [-0.15, -0.1) is 5.10 Å². The van der Waals surface area contributed by atoms with E-state index >= 15 is 0 Å². The molecule has 110 valence electrons. The third kappa shape index (κ3) is 2.98. The second kappa shape index (κ2) is 6.10. The van der Waals surface area contributed by atoms with Crippen LogP contribution in [0.25, 0.3) is 5.69 Å². The number of nitrogens with zero attached hydrogens (tertiary/aromatic N) is 4. The van der Waals surface area contributed by atoms with Gasteiger partial charge >= 0.3 is 5.97 Å². The van der Waals surface area contributed by atoms with Gasteiger partial charge in [-0.3, -0.25) is 4.79 Å². The molecule has 1 aromatic carbocycles. The zero-order valence-corrected chi connectivity index (χ0v) is 12.0. The number of carbonyl (C=O) groups is 1. The summed E-state index contributed by atoms with van der Waals surface area (Å²) in [5.74, 6) is 0.491.